The maximum atomic E-state index is 13.2. The second-order valence-corrected chi connectivity index (χ2v) is 16.9. The largest absolute Gasteiger partial charge is 0.398 e. The Morgan fingerprint density at radius 3 is 1.48 bits per heavy atom. The van der Waals surface area contributed by atoms with Gasteiger partial charge in [-0.25, -0.2) is 8.78 Å². The lowest BCUT2D eigenvalue weighted by Crippen LogP contribution is -2.55. The molecule has 4 heterocycles. The standard InChI is InChI=1S/C24H24Cl2FN3O2.C22H23ClFN3O.ClH/c25-12-23(31)28-22-11-18(26)5-3-17(22)4-10-24(32)30-20-8-9-21(30)15-29(14-20)13-16-1-6-19(27)7-2-16;23-17-5-3-16(21(25)11-17)4-10-22(28)27-19-8-9-20(27)14-26(13-19)12-15-1-6-18(24)7-2-15;/h1-7,10-11,20-21H,8-9,12-15H2,(H,28,31);1-7,10-11,19-20H,8-9,12-14,25H2;1H/b2*10-4+;. The first-order valence-electron chi connectivity index (χ1n) is 20.1. The Labute approximate surface area is 376 Å². The number of nitrogens with zero attached hydrogens (tertiary/aromatic N) is 4. The number of rotatable bonds is 10. The number of nitrogens with two attached hydrogens (primary N) is 1. The molecule has 0 radical (unpaired) electrons. The van der Waals surface area contributed by atoms with Gasteiger partial charge in [0, 0.05) is 97.0 Å². The molecule has 15 heteroatoms. The predicted molar refractivity (Wildman–Crippen MR) is 243 cm³/mol. The van der Waals surface area contributed by atoms with Crippen molar-refractivity contribution in [2.45, 2.75) is 62.9 Å². The summed E-state index contributed by atoms with van der Waals surface area (Å²) in [6.45, 7) is 4.82. The summed E-state index contributed by atoms with van der Waals surface area (Å²) >= 11 is 17.6. The average Bonchev–Trinajstić information content (AvgIpc) is 3.66. The van der Waals surface area contributed by atoms with Gasteiger partial charge in [-0.1, -0.05) is 59.6 Å². The van der Waals surface area contributed by atoms with Crippen molar-refractivity contribution in [1.82, 2.24) is 19.6 Å². The molecule has 3 amide bonds. The van der Waals surface area contributed by atoms with Gasteiger partial charge in [-0.15, -0.1) is 24.0 Å². The quantitative estimate of drug-likeness (QED) is 0.0937. The van der Waals surface area contributed by atoms with Gasteiger partial charge < -0.3 is 20.9 Å². The zero-order chi connectivity index (χ0) is 42.3. The normalized spacial score (nSPS) is 21.0. The number of hydrogen-bond acceptors (Lipinski definition) is 6. The Bertz CT molecular complexity index is 2220. The summed E-state index contributed by atoms with van der Waals surface area (Å²) in [5.41, 5.74) is 10.7. The summed E-state index contributed by atoms with van der Waals surface area (Å²) in [5.74, 6) is -0.966. The highest BCUT2D eigenvalue weighted by atomic mass is 35.5. The van der Waals surface area contributed by atoms with Crippen LogP contribution in [-0.4, -0.2) is 93.5 Å². The van der Waals surface area contributed by atoms with Crippen molar-refractivity contribution in [1.29, 1.82) is 0 Å². The van der Waals surface area contributed by atoms with Crippen molar-refractivity contribution in [3.05, 3.63) is 141 Å². The number of anilines is 2. The zero-order valence-corrected chi connectivity index (χ0v) is 36.5. The van der Waals surface area contributed by atoms with E-state index in [0.717, 1.165) is 81.6 Å². The van der Waals surface area contributed by atoms with Crippen LogP contribution in [0.1, 0.15) is 47.9 Å². The molecule has 0 spiro atoms. The second-order valence-electron chi connectivity index (χ2n) is 15.8. The van der Waals surface area contributed by atoms with Crippen molar-refractivity contribution in [3.8, 4) is 0 Å². The average molecular weight is 913 g/mol. The molecule has 8 rings (SSSR count). The summed E-state index contributed by atoms with van der Waals surface area (Å²) in [4.78, 5) is 46.2. The smallest absolute Gasteiger partial charge is 0.247 e. The molecule has 61 heavy (non-hydrogen) atoms. The minimum absolute atomic E-state index is 0. The fraction of sp³-hybridized carbons (Fsp3) is 0.326. The molecular weight excluding hydrogens is 864 g/mol. The molecule has 9 nitrogen and oxygen atoms in total. The molecule has 4 saturated heterocycles. The number of nitrogens with one attached hydrogen (secondary N) is 1. The third-order valence-electron chi connectivity index (χ3n) is 11.5. The molecule has 4 unspecified atom stereocenters. The Morgan fingerprint density at radius 1 is 0.639 bits per heavy atom. The number of amides is 3. The van der Waals surface area contributed by atoms with Crippen LogP contribution in [0.4, 0.5) is 20.2 Å². The van der Waals surface area contributed by atoms with Crippen LogP contribution in [0.15, 0.2) is 97.1 Å². The number of likely N-dealkylation sites (tertiary alicyclic amines) is 2. The molecular formula is C46H48Cl4F2N6O3. The van der Waals surface area contributed by atoms with Crippen LogP contribution in [-0.2, 0) is 27.5 Å². The molecule has 322 valence electrons. The first-order valence-corrected chi connectivity index (χ1v) is 21.4. The molecule has 4 aliphatic heterocycles. The van der Waals surface area contributed by atoms with Crippen molar-refractivity contribution in [2.24, 2.45) is 0 Å². The number of hydrogen-bond donors (Lipinski definition) is 2. The number of carbonyl (C=O) groups excluding carboxylic acids is 3. The van der Waals surface area contributed by atoms with Gasteiger partial charge in [-0.3, -0.25) is 24.2 Å². The third-order valence-corrected chi connectivity index (χ3v) is 12.2. The lowest BCUT2D eigenvalue weighted by molar-refractivity contribution is -0.132. The molecule has 0 saturated carbocycles. The van der Waals surface area contributed by atoms with Crippen molar-refractivity contribution in [2.75, 3.05) is 43.1 Å². The number of halogens is 6. The first-order chi connectivity index (χ1) is 28.9. The SMILES string of the molecule is Cl.Nc1cc(Cl)ccc1/C=C/C(=O)N1C2CCC1CN(Cc1ccc(F)cc1)C2.O=C(CCl)Nc1cc(Cl)ccc1/C=C/C(=O)N1C2CCC1CN(Cc1ccc(F)cc1)C2. The van der Waals surface area contributed by atoms with Crippen LogP contribution in [0.3, 0.4) is 0 Å². The predicted octanol–water partition coefficient (Wildman–Crippen LogP) is 8.92. The molecule has 0 aliphatic carbocycles. The summed E-state index contributed by atoms with van der Waals surface area (Å²) in [6.07, 6.45) is 10.6. The lowest BCUT2D eigenvalue weighted by Gasteiger charge is -2.40. The number of alkyl halides is 1. The molecule has 4 aromatic rings. The maximum absolute atomic E-state index is 13.2. The number of piperazine rings is 2. The highest BCUT2D eigenvalue weighted by molar-refractivity contribution is 6.31. The van der Waals surface area contributed by atoms with E-state index in [1.807, 2.05) is 40.1 Å². The van der Waals surface area contributed by atoms with E-state index in [0.29, 0.717) is 27.0 Å². The van der Waals surface area contributed by atoms with Gasteiger partial charge in [0.25, 0.3) is 0 Å². The molecule has 4 fully saturated rings. The van der Waals surface area contributed by atoms with E-state index in [-0.39, 0.29) is 71.8 Å². The number of carbonyl (C=O) groups is 3. The van der Waals surface area contributed by atoms with Gasteiger partial charge in [0.2, 0.25) is 17.7 Å². The van der Waals surface area contributed by atoms with Gasteiger partial charge in [0.05, 0.1) is 0 Å². The molecule has 0 aromatic heterocycles. The van der Waals surface area contributed by atoms with Crippen LogP contribution in [0.2, 0.25) is 10.0 Å². The van der Waals surface area contributed by atoms with Crippen molar-refractivity contribution < 1.29 is 23.2 Å². The Balaban J connectivity index is 0.000000202. The van der Waals surface area contributed by atoms with Gasteiger partial charge in [-0.2, -0.15) is 0 Å². The summed E-state index contributed by atoms with van der Waals surface area (Å²) in [6, 6.07) is 24.4. The summed E-state index contributed by atoms with van der Waals surface area (Å²) < 4.78 is 26.3. The Hall–Kier alpha value is -4.49. The van der Waals surface area contributed by atoms with E-state index in [1.165, 1.54) is 24.3 Å². The van der Waals surface area contributed by atoms with E-state index in [4.69, 9.17) is 40.5 Å². The number of nitrogen functional groups attached to an aromatic ring is 1. The fourth-order valence-corrected chi connectivity index (χ4v) is 9.23. The number of benzene rings is 4. The van der Waals surface area contributed by atoms with E-state index < -0.39 is 0 Å². The van der Waals surface area contributed by atoms with Gasteiger partial charge >= 0.3 is 0 Å². The minimum Gasteiger partial charge on any atom is -0.398 e. The van der Waals surface area contributed by atoms with E-state index >= 15 is 0 Å². The molecule has 4 aromatic carbocycles. The Morgan fingerprint density at radius 2 is 1.05 bits per heavy atom. The number of fused-ring (bicyclic) bond motifs is 4. The van der Waals surface area contributed by atoms with Crippen LogP contribution in [0, 0.1) is 11.6 Å². The lowest BCUT2D eigenvalue weighted by atomic mass is 10.1. The van der Waals surface area contributed by atoms with Crippen molar-refractivity contribution in [3.63, 3.8) is 0 Å². The van der Waals surface area contributed by atoms with Gasteiger partial charge in [0.1, 0.15) is 17.5 Å². The highest BCUT2D eigenvalue weighted by Crippen LogP contribution is 2.33. The summed E-state index contributed by atoms with van der Waals surface area (Å²) in [5, 5.41) is 3.77. The van der Waals surface area contributed by atoms with Crippen LogP contribution >= 0.6 is 47.2 Å². The van der Waals surface area contributed by atoms with E-state index in [1.54, 1.807) is 54.6 Å². The minimum atomic E-state index is -0.342. The van der Waals surface area contributed by atoms with Crippen LogP contribution < -0.4 is 11.1 Å². The second kappa shape index (κ2) is 21.1. The van der Waals surface area contributed by atoms with E-state index in [2.05, 4.69) is 15.1 Å². The Kier molecular flexibility index (Phi) is 15.9. The third kappa shape index (κ3) is 11.9. The van der Waals surface area contributed by atoms with Crippen LogP contribution in [0.5, 0.6) is 0 Å². The van der Waals surface area contributed by atoms with E-state index in [9.17, 15) is 23.2 Å². The fourth-order valence-electron chi connectivity index (χ4n) is 8.81. The topological polar surface area (TPSA) is 102 Å². The van der Waals surface area contributed by atoms with Gasteiger partial charge in [-0.05, 0) is 109 Å². The van der Waals surface area contributed by atoms with Gasteiger partial charge in [0.15, 0.2) is 0 Å². The molecule has 4 atom stereocenters. The monoisotopic (exact) mass is 910 g/mol. The van der Waals surface area contributed by atoms with Crippen LogP contribution in [0.25, 0.3) is 12.2 Å². The first kappa shape index (κ1) is 46.0. The molecule has 4 aliphatic rings. The summed E-state index contributed by atoms with van der Waals surface area (Å²) in [7, 11) is 0. The zero-order valence-electron chi connectivity index (χ0n) is 33.4. The van der Waals surface area contributed by atoms with Crippen molar-refractivity contribution >= 4 is 88.5 Å². The molecule has 4 bridgehead atoms. The molecule has 3 N–H and O–H groups in total. The maximum Gasteiger partial charge on any atom is 0.247 e. The highest BCUT2D eigenvalue weighted by Gasteiger charge is 2.42.